The quantitative estimate of drug-likeness (QED) is 0.350. The second kappa shape index (κ2) is 7.08. The normalized spacial score (nSPS) is 49.5. The van der Waals surface area contributed by atoms with E-state index in [2.05, 4.69) is 5.32 Å². The molecule has 1 saturated carbocycles. The molecule has 9 heteroatoms. The lowest BCUT2D eigenvalue weighted by atomic mass is 9.80. The zero-order valence-corrected chi connectivity index (χ0v) is 13.5. The number of hydrogen-bond donors (Lipinski definition) is 5. The average molecular weight is 334 g/mol. The van der Waals surface area contributed by atoms with E-state index in [1.165, 1.54) is 0 Å². The zero-order chi connectivity index (χ0) is 17.4. The van der Waals surface area contributed by atoms with Crippen molar-refractivity contribution in [2.75, 3.05) is 13.7 Å². The van der Waals surface area contributed by atoms with Gasteiger partial charge in [0.1, 0.15) is 18.3 Å². The monoisotopic (exact) mass is 334 g/mol. The summed E-state index contributed by atoms with van der Waals surface area (Å²) in [6.07, 6.45) is -5.50. The summed E-state index contributed by atoms with van der Waals surface area (Å²) in [4.78, 5) is 11.9. The molecule has 3 aliphatic rings. The van der Waals surface area contributed by atoms with Crippen molar-refractivity contribution in [2.24, 2.45) is 5.73 Å². The van der Waals surface area contributed by atoms with E-state index in [1.54, 1.807) is 7.05 Å². The highest BCUT2D eigenvalue weighted by molar-refractivity contribution is 5.86. The highest BCUT2D eigenvalue weighted by atomic mass is 16.8. The summed E-state index contributed by atoms with van der Waals surface area (Å²) in [6, 6.07) is -1.65. The van der Waals surface area contributed by atoms with Crippen LogP contribution in [0.2, 0.25) is 0 Å². The van der Waals surface area contributed by atoms with Crippen molar-refractivity contribution in [1.29, 1.82) is 0 Å². The van der Waals surface area contributed by atoms with Crippen molar-refractivity contribution in [3.05, 3.63) is 0 Å². The number of rotatable bonds is 1. The minimum absolute atomic E-state index is 0.00671. The molecule has 2 saturated heterocycles. The summed E-state index contributed by atoms with van der Waals surface area (Å²) < 4.78 is 16.2. The molecule has 8 atom stereocenters. The number of nitrogens with one attached hydrogen (secondary N) is 1. The Morgan fingerprint density at radius 2 is 1.91 bits per heavy atom. The Morgan fingerprint density at radius 3 is 2.52 bits per heavy atom. The van der Waals surface area contributed by atoms with Gasteiger partial charge in [0.25, 0.3) is 5.79 Å². The van der Waals surface area contributed by atoms with Crippen LogP contribution in [0.25, 0.3) is 0 Å². The molecule has 23 heavy (non-hydrogen) atoms. The van der Waals surface area contributed by atoms with Crippen molar-refractivity contribution in [2.45, 2.75) is 68.8 Å². The molecule has 6 N–H and O–H groups in total. The predicted octanol–water partition coefficient (Wildman–Crippen LogP) is -2.55. The lowest BCUT2D eigenvalue weighted by Gasteiger charge is -2.54. The maximum Gasteiger partial charge on any atom is 0.280 e. The fourth-order valence-electron chi connectivity index (χ4n) is 3.18. The van der Waals surface area contributed by atoms with Crippen LogP contribution in [0.3, 0.4) is 0 Å². The molecule has 1 aliphatic carbocycles. The molecule has 0 bridgehead atoms. The second-order valence-electron chi connectivity index (χ2n) is 5.63. The van der Waals surface area contributed by atoms with Crippen LogP contribution in [-0.2, 0) is 19.0 Å². The Labute approximate surface area is 134 Å². The van der Waals surface area contributed by atoms with E-state index in [4.69, 9.17) is 19.9 Å². The maximum absolute atomic E-state index is 11.9. The number of carbonyl (C=O) groups excluding carboxylic acids is 1. The number of likely N-dealkylation sites (N-methyl/N-ethyl adjacent to an activating group) is 1. The molecule has 2 heterocycles. The van der Waals surface area contributed by atoms with Crippen molar-refractivity contribution in [1.82, 2.24) is 5.32 Å². The summed E-state index contributed by atoms with van der Waals surface area (Å²) in [5.74, 6) is -2.81. The van der Waals surface area contributed by atoms with Crippen LogP contribution in [0.1, 0.15) is 20.3 Å². The van der Waals surface area contributed by atoms with Crippen LogP contribution in [0.5, 0.6) is 0 Å². The molecule has 0 aromatic heterocycles. The van der Waals surface area contributed by atoms with Gasteiger partial charge in [-0.3, -0.25) is 4.79 Å². The molecule has 0 aromatic carbocycles. The van der Waals surface area contributed by atoms with Gasteiger partial charge in [-0.1, -0.05) is 13.8 Å². The first-order chi connectivity index (χ1) is 10.9. The number of ketones is 1. The first kappa shape index (κ1) is 18.7. The van der Waals surface area contributed by atoms with Crippen LogP contribution < -0.4 is 11.1 Å². The molecule has 0 amide bonds. The van der Waals surface area contributed by atoms with Gasteiger partial charge in [0.05, 0.1) is 24.8 Å². The van der Waals surface area contributed by atoms with Crippen molar-refractivity contribution < 1.29 is 34.3 Å². The highest BCUT2D eigenvalue weighted by Crippen LogP contribution is 2.38. The molecule has 6 unspecified atom stereocenters. The van der Waals surface area contributed by atoms with Crippen LogP contribution >= 0.6 is 0 Å². The number of Topliss-reactive ketones (excluding diaryl/α,β-unsaturated/α-hetero) is 1. The lowest BCUT2D eigenvalue weighted by Crippen LogP contribution is -2.77. The van der Waals surface area contributed by atoms with Crippen LogP contribution in [0.15, 0.2) is 0 Å². The Morgan fingerprint density at radius 1 is 1.26 bits per heavy atom. The van der Waals surface area contributed by atoms with E-state index in [9.17, 15) is 20.1 Å². The minimum atomic E-state index is -2.25. The highest BCUT2D eigenvalue weighted by Gasteiger charge is 2.62. The molecule has 0 aromatic rings. The van der Waals surface area contributed by atoms with Gasteiger partial charge in [-0.15, -0.1) is 0 Å². The number of carbonyl (C=O) groups is 1. The summed E-state index contributed by atoms with van der Waals surface area (Å²) in [5.41, 5.74) is 5.92. The summed E-state index contributed by atoms with van der Waals surface area (Å²) in [6.45, 7) is 4.10. The van der Waals surface area contributed by atoms with Crippen molar-refractivity contribution >= 4 is 5.78 Å². The third kappa shape index (κ3) is 2.92. The average Bonchev–Trinajstić information content (AvgIpc) is 2.55. The van der Waals surface area contributed by atoms with Gasteiger partial charge >= 0.3 is 0 Å². The smallest absolute Gasteiger partial charge is 0.280 e. The van der Waals surface area contributed by atoms with E-state index in [0.717, 1.165) is 0 Å². The molecule has 3 fully saturated rings. The standard InChI is InChI=1S/C12H20N2O7.C2H6/c1-14-6-7(16)5(13)9-10(8(6)17)20-11-12(18,21-9)4(15)2-3-19-11;1-2/h5-11,14,16-18H,2-3,13H2,1H3;1-2H3/t5?,6?,7?,8-,9?,10+,11?,12?;/m0./s1. The van der Waals surface area contributed by atoms with Gasteiger partial charge in [0.2, 0.25) is 6.29 Å². The Hall–Kier alpha value is -0.650. The van der Waals surface area contributed by atoms with E-state index in [1.807, 2.05) is 13.8 Å². The number of fused-ring (bicyclic) bond motifs is 2. The lowest BCUT2D eigenvalue weighted by molar-refractivity contribution is -0.412. The van der Waals surface area contributed by atoms with E-state index < -0.39 is 54.4 Å². The Bertz CT molecular complexity index is 437. The Balaban J connectivity index is 0.000000924. The maximum atomic E-state index is 11.9. The molecule has 3 rings (SSSR count). The van der Waals surface area contributed by atoms with Crippen LogP contribution in [0.4, 0.5) is 0 Å². The number of aliphatic hydroxyl groups is 3. The van der Waals surface area contributed by atoms with Gasteiger partial charge in [0, 0.05) is 6.42 Å². The Kier molecular flexibility index (Phi) is 5.75. The fraction of sp³-hybridized carbons (Fsp3) is 0.929. The molecule has 134 valence electrons. The number of nitrogens with two attached hydrogens (primary N) is 1. The van der Waals surface area contributed by atoms with Crippen molar-refractivity contribution in [3.8, 4) is 0 Å². The van der Waals surface area contributed by atoms with Gasteiger partial charge in [-0.2, -0.15) is 0 Å². The molecule has 9 nitrogen and oxygen atoms in total. The van der Waals surface area contributed by atoms with E-state index >= 15 is 0 Å². The third-order valence-electron chi connectivity index (χ3n) is 4.42. The fourth-order valence-corrected chi connectivity index (χ4v) is 3.18. The zero-order valence-electron chi connectivity index (χ0n) is 13.5. The summed E-state index contributed by atoms with van der Waals surface area (Å²) in [5, 5.41) is 33.5. The van der Waals surface area contributed by atoms with Crippen LogP contribution in [0, 0.1) is 0 Å². The van der Waals surface area contributed by atoms with Gasteiger partial charge in [-0.05, 0) is 7.05 Å². The van der Waals surface area contributed by atoms with Gasteiger partial charge < -0.3 is 40.6 Å². The van der Waals surface area contributed by atoms with Gasteiger partial charge in [0.15, 0.2) is 5.78 Å². The first-order valence-electron chi connectivity index (χ1n) is 7.89. The minimum Gasteiger partial charge on any atom is -0.390 e. The summed E-state index contributed by atoms with van der Waals surface area (Å²) >= 11 is 0. The topological polar surface area (TPSA) is 144 Å². The van der Waals surface area contributed by atoms with E-state index in [-0.39, 0.29) is 13.0 Å². The molecular weight excluding hydrogens is 308 g/mol. The van der Waals surface area contributed by atoms with E-state index in [0.29, 0.717) is 0 Å². The van der Waals surface area contributed by atoms with Crippen molar-refractivity contribution in [3.63, 3.8) is 0 Å². The second-order valence-corrected chi connectivity index (χ2v) is 5.63. The molecular formula is C14H26N2O7. The molecule has 0 radical (unpaired) electrons. The summed E-state index contributed by atoms with van der Waals surface area (Å²) in [7, 11) is 1.57. The molecule has 2 aliphatic heterocycles. The molecule has 0 spiro atoms. The largest absolute Gasteiger partial charge is 0.390 e. The number of hydrogen-bond acceptors (Lipinski definition) is 9. The predicted molar refractivity (Wildman–Crippen MR) is 78.2 cm³/mol. The van der Waals surface area contributed by atoms with Crippen LogP contribution in [-0.4, -0.2) is 83.3 Å². The third-order valence-corrected chi connectivity index (χ3v) is 4.42. The SMILES string of the molecule is CC.CNC1C(O)C(N)C2OC3(O)C(=O)CCOC3O[C@@H]2[C@H]1O. The number of ether oxygens (including phenoxy) is 3. The number of aliphatic hydroxyl groups excluding tert-OH is 2. The van der Waals surface area contributed by atoms with Gasteiger partial charge in [-0.25, -0.2) is 0 Å². The first-order valence-corrected chi connectivity index (χ1v) is 7.89.